The number of aromatic carboxylic acids is 1. The molecule has 0 unspecified atom stereocenters. The van der Waals surface area contributed by atoms with E-state index in [0.717, 1.165) is 22.4 Å². The molecule has 0 atom stereocenters. The lowest BCUT2D eigenvalue weighted by atomic mass is 10.1. The van der Waals surface area contributed by atoms with Crippen molar-refractivity contribution >= 4 is 29.1 Å². The van der Waals surface area contributed by atoms with Crippen LogP contribution < -0.4 is 15.4 Å². The van der Waals surface area contributed by atoms with E-state index in [2.05, 4.69) is 37.7 Å². The van der Waals surface area contributed by atoms with Crippen LogP contribution in [0.15, 0.2) is 36.5 Å². The van der Waals surface area contributed by atoms with Crippen molar-refractivity contribution in [3.8, 4) is 5.88 Å². The van der Waals surface area contributed by atoms with Gasteiger partial charge in [0.05, 0.1) is 19.0 Å². The lowest BCUT2D eigenvalue weighted by Gasteiger charge is -2.14. The van der Waals surface area contributed by atoms with Gasteiger partial charge in [0, 0.05) is 17.8 Å². The number of benzene rings is 1. The Morgan fingerprint density at radius 3 is 2.32 bits per heavy atom. The normalized spacial score (nSPS) is 10.4. The Labute approximate surface area is 162 Å². The average molecular weight is 379 g/mol. The molecule has 0 spiro atoms. The molecule has 28 heavy (non-hydrogen) atoms. The van der Waals surface area contributed by atoms with Crippen molar-refractivity contribution < 1.29 is 14.6 Å². The molecule has 0 saturated heterocycles. The van der Waals surface area contributed by atoms with E-state index in [4.69, 9.17) is 4.74 Å². The lowest BCUT2D eigenvalue weighted by Crippen LogP contribution is -2.08. The number of nitrogens with zero attached hydrogens (tertiary/aromatic N) is 3. The highest BCUT2D eigenvalue weighted by molar-refractivity contribution is 5.87. The summed E-state index contributed by atoms with van der Waals surface area (Å²) in [4.78, 5) is 24.0. The van der Waals surface area contributed by atoms with Gasteiger partial charge in [0.15, 0.2) is 5.69 Å². The monoisotopic (exact) mass is 379 g/mol. The first-order valence-electron chi connectivity index (χ1n) is 8.60. The molecule has 0 amide bonds. The molecule has 2 aromatic heterocycles. The molecule has 0 radical (unpaired) electrons. The van der Waals surface area contributed by atoms with Gasteiger partial charge in [0.2, 0.25) is 11.8 Å². The van der Waals surface area contributed by atoms with Crippen molar-refractivity contribution in [2.45, 2.75) is 20.8 Å². The van der Waals surface area contributed by atoms with Crippen molar-refractivity contribution in [1.82, 2.24) is 15.0 Å². The topological polar surface area (TPSA) is 109 Å². The number of pyridine rings is 1. The number of carbonyl (C=O) groups is 1. The van der Waals surface area contributed by atoms with E-state index in [9.17, 15) is 9.90 Å². The molecule has 144 valence electrons. The third-order valence-electron chi connectivity index (χ3n) is 4.08. The predicted octanol–water partition coefficient (Wildman–Crippen LogP) is 3.99. The van der Waals surface area contributed by atoms with Crippen molar-refractivity contribution in [1.29, 1.82) is 0 Å². The molecule has 0 bridgehead atoms. The third-order valence-corrected chi connectivity index (χ3v) is 4.08. The highest BCUT2D eigenvalue weighted by atomic mass is 16.5. The van der Waals surface area contributed by atoms with Gasteiger partial charge in [-0.15, -0.1) is 0 Å². The number of nitrogens with one attached hydrogen (secondary N) is 2. The standard InChI is InChI=1S/C20H21N5O3/c1-11-7-12(2)18(13(3)8-11)24-16-9-15(19(26)27)23-20(25-16)22-14-5-6-17(28-4)21-10-14/h5-10H,1-4H3,(H,26,27)(H2,22,23,24,25). The second-order valence-corrected chi connectivity index (χ2v) is 6.38. The smallest absolute Gasteiger partial charge is 0.354 e. The van der Waals surface area contributed by atoms with Gasteiger partial charge in [-0.05, 0) is 38.0 Å². The summed E-state index contributed by atoms with van der Waals surface area (Å²) < 4.78 is 5.03. The van der Waals surface area contributed by atoms with Gasteiger partial charge in [-0.2, -0.15) is 4.98 Å². The molecular formula is C20H21N5O3. The van der Waals surface area contributed by atoms with Crippen LogP contribution in [0.2, 0.25) is 0 Å². The number of ether oxygens (including phenoxy) is 1. The van der Waals surface area contributed by atoms with Crippen LogP contribution in [0, 0.1) is 20.8 Å². The number of hydrogen-bond acceptors (Lipinski definition) is 7. The van der Waals surface area contributed by atoms with E-state index in [1.807, 2.05) is 20.8 Å². The molecule has 8 heteroatoms. The van der Waals surface area contributed by atoms with Gasteiger partial charge in [0.1, 0.15) is 5.82 Å². The van der Waals surface area contributed by atoms with Crippen LogP contribution in [0.25, 0.3) is 0 Å². The van der Waals surface area contributed by atoms with Crippen molar-refractivity contribution in [2.75, 3.05) is 17.7 Å². The number of carboxylic acid groups (broad SMARTS) is 1. The number of hydrogen-bond donors (Lipinski definition) is 3. The zero-order valence-corrected chi connectivity index (χ0v) is 16.1. The summed E-state index contributed by atoms with van der Waals surface area (Å²) >= 11 is 0. The van der Waals surface area contributed by atoms with Gasteiger partial charge in [0.25, 0.3) is 0 Å². The SMILES string of the molecule is COc1ccc(Nc2nc(Nc3c(C)cc(C)cc3C)cc(C(=O)O)n2)cn1. The Balaban J connectivity index is 1.94. The number of methoxy groups -OCH3 is 1. The molecule has 2 heterocycles. The van der Waals surface area contributed by atoms with E-state index in [1.54, 1.807) is 18.3 Å². The third kappa shape index (κ3) is 4.35. The summed E-state index contributed by atoms with van der Waals surface area (Å²) in [6.07, 6.45) is 1.55. The first-order chi connectivity index (χ1) is 13.4. The maximum absolute atomic E-state index is 11.5. The summed E-state index contributed by atoms with van der Waals surface area (Å²) in [6, 6.07) is 8.93. The first-order valence-corrected chi connectivity index (χ1v) is 8.60. The molecule has 0 aliphatic rings. The minimum Gasteiger partial charge on any atom is -0.481 e. The second kappa shape index (κ2) is 7.91. The molecule has 0 aliphatic heterocycles. The molecular weight excluding hydrogens is 358 g/mol. The van der Waals surface area contributed by atoms with Crippen LogP contribution in [0.4, 0.5) is 23.1 Å². The molecule has 0 saturated carbocycles. The lowest BCUT2D eigenvalue weighted by molar-refractivity contribution is 0.0690. The minimum atomic E-state index is -1.14. The van der Waals surface area contributed by atoms with Crippen LogP contribution in [0.3, 0.4) is 0 Å². The van der Waals surface area contributed by atoms with Crippen molar-refractivity contribution in [2.24, 2.45) is 0 Å². The maximum Gasteiger partial charge on any atom is 0.354 e. The van der Waals surface area contributed by atoms with Crippen LogP contribution in [0.5, 0.6) is 5.88 Å². The molecule has 8 nitrogen and oxygen atoms in total. The Hall–Kier alpha value is -3.68. The second-order valence-electron chi connectivity index (χ2n) is 6.38. The van der Waals surface area contributed by atoms with E-state index in [-0.39, 0.29) is 11.6 Å². The van der Waals surface area contributed by atoms with Crippen LogP contribution in [0.1, 0.15) is 27.2 Å². The highest BCUT2D eigenvalue weighted by Gasteiger charge is 2.13. The Kier molecular flexibility index (Phi) is 5.39. The van der Waals surface area contributed by atoms with Crippen molar-refractivity contribution in [3.63, 3.8) is 0 Å². The maximum atomic E-state index is 11.5. The Bertz CT molecular complexity index is 996. The van der Waals surface area contributed by atoms with E-state index >= 15 is 0 Å². The quantitative estimate of drug-likeness (QED) is 0.590. The average Bonchev–Trinajstić information content (AvgIpc) is 2.65. The van der Waals surface area contributed by atoms with E-state index < -0.39 is 5.97 Å². The molecule has 3 rings (SSSR count). The summed E-state index contributed by atoms with van der Waals surface area (Å²) in [6.45, 7) is 6.01. The van der Waals surface area contributed by atoms with Gasteiger partial charge < -0.3 is 20.5 Å². The van der Waals surface area contributed by atoms with Crippen LogP contribution in [-0.4, -0.2) is 33.1 Å². The molecule has 3 aromatic rings. The Morgan fingerprint density at radius 1 is 1.04 bits per heavy atom. The number of anilines is 4. The van der Waals surface area contributed by atoms with Gasteiger partial charge >= 0.3 is 5.97 Å². The number of carboxylic acids is 1. The molecule has 3 N–H and O–H groups in total. The summed E-state index contributed by atoms with van der Waals surface area (Å²) in [5, 5.41) is 15.6. The molecule has 0 fully saturated rings. The fraction of sp³-hybridized carbons (Fsp3) is 0.200. The van der Waals surface area contributed by atoms with E-state index in [1.165, 1.54) is 13.2 Å². The molecule has 0 aliphatic carbocycles. The summed E-state index contributed by atoms with van der Waals surface area (Å²) in [5.41, 5.74) is 4.62. The van der Waals surface area contributed by atoms with Crippen molar-refractivity contribution in [3.05, 3.63) is 58.9 Å². The number of aryl methyl sites for hydroxylation is 3. The molecule has 1 aromatic carbocycles. The van der Waals surface area contributed by atoms with E-state index in [0.29, 0.717) is 17.4 Å². The zero-order valence-electron chi connectivity index (χ0n) is 16.1. The van der Waals surface area contributed by atoms with Gasteiger partial charge in [-0.25, -0.2) is 14.8 Å². The fourth-order valence-electron chi connectivity index (χ4n) is 2.89. The van der Waals surface area contributed by atoms with Crippen LogP contribution >= 0.6 is 0 Å². The summed E-state index contributed by atoms with van der Waals surface area (Å²) in [5.74, 6) is -0.139. The Morgan fingerprint density at radius 2 is 1.75 bits per heavy atom. The first kappa shape index (κ1) is 19.1. The van der Waals surface area contributed by atoms with Crippen LogP contribution in [-0.2, 0) is 0 Å². The van der Waals surface area contributed by atoms with Gasteiger partial charge in [-0.3, -0.25) is 0 Å². The number of rotatable bonds is 6. The highest BCUT2D eigenvalue weighted by Crippen LogP contribution is 2.26. The largest absolute Gasteiger partial charge is 0.481 e. The summed E-state index contributed by atoms with van der Waals surface area (Å²) in [7, 11) is 1.53. The van der Waals surface area contributed by atoms with Gasteiger partial charge in [-0.1, -0.05) is 17.7 Å². The number of aromatic nitrogens is 3. The zero-order chi connectivity index (χ0) is 20.3. The minimum absolute atomic E-state index is 0.121. The predicted molar refractivity (Wildman–Crippen MR) is 107 cm³/mol. The fourth-order valence-corrected chi connectivity index (χ4v) is 2.89.